The molecule has 20 heavy (non-hydrogen) atoms. The van der Waals surface area contributed by atoms with Gasteiger partial charge in [0.15, 0.2) is 5.58 Å². The van der Waals surface area contributed by atoms with Crippen LogP contribution in [-0.2, 0) is 0 Å². The largest absolute Gasteiger partial charge is 0.423 e. The maximum atomic E-state index is 5.84. The lowest BCUT2D eigenvalue weighted by Gasteiger charge is -2.25. The predicted octanol–water partition coefficient (Wildman–Crippen LogP) is 2.33. The van der Waals surface area contributed by atoms with Crippen molar-refractivity contribution >= 4 is 22.8 Å². The zero-order valence-corrected chi connectivity index (χ0v) is 12.2. The highest BCUT2D eigenvalue weighted by Crippen LogP contribution is 2.27. The Morgan fingerprint density at radius 3 is 2.95 bits per heavy atom. The lowest BCUT2D eigenvalue weighted by Crippen LogP contribution is -2.37. The molecule has 5 nitrogen and oxygen atoms in total. The maximum Gasteiger partial charge on any atom is 0.298 e. The zero-order valence-electron chi connectivity index (χ0n) is 12.2. The van der Waals surface area contributed by atoms with Gasteiger partial charge in [-0.1, -0.05) is 13.8 Å². The normalized spacial score (nSPS) is 19.4. The van der Waals surface area contributed by atoms with Crippen LogP contribution in [0.3, 0.4) is 0 Å². The summed E-state index contributed by atoms with van der Waals surface area (Å²) >= 11 is 0. The fourth-order valence-electron chi connectivity index (χ4n) is 3.02. The van der Waals surface area contributed by atoms with Crippen LogP contribution >= 0.6 is 0 Å². The molecule has 3 rings (SSSR count). The van der Waals surface area contributed by atoms with Crippen molar-refractivity contribution in [2.24, 2.45) is 0 Å². The molecular weight excluding hydrogens is 252 g/mol. The predicted molar refractivity (Wildman–Crippen MR) is 82.0 cm³/mol. The van der Waals surface area contributed by atoms with Crippen LogP contribution < -0.4 is 10.6 Å². The number of hydrogen-bond donors (Lipinski definition) is 1. The van der Waals surface area contributed by atoms with Crippen molar-refractivity contribution in [3.8, 4) is 0 Å². The highest BCUT2D eigenvalue weighted by atomic mass is 16.4. The van der Waals surface area contributed by atoms with Crippen molar-refractivity contribution in [2.75, 3.05) is 36.8 Å². The van der Waals surface area contributed by atoms with E-state index in [-0.39, 0.29) is 0 Å². The van der Waals surface area contributed by atoms with E-state index in [0.29, 0.717) is 11.7 Å². The quantitative estimate of drug-likeness (QED) is 0.867. The third kappa shape index (κ3) is 2.33. The monoisotopic (exact) mass is 274 g/mol. The van der Waals surface area contributed by atoms with Gasteiger partial charge in [0.05, 0.1) is 0 Å². The third-order valence-electron chi connectivity index (χ3n) is 4.16. The molecular formula is C15H22N4O. The molecule has 1 atom stereocenters. The average molecular weight is 274 g/mol. The fraction of sp³-hybridized carbons (Fsp3) is 0.533. The number of nitrogens with two attached hydrogens (primary N) is 1. The van der Waals surface area contributed by atoms with Crippen LogP contribution in [0.2, 0.25) is 0 Å². The fourth-order valence-corrected chi connectivity index (χ4v) is 3.02. The molecule has 1 aromatic heterocycles. The van der Waals surface area contributed by atoms with Gasteiger partial charge in [0.25, 0.3) is 6.01 Å². The topological polar surface area (TPSA) is 58.5 Å². The summed E-state index contributed by atoms with van der Waals surface area (Å²) in [6.45, 7) is 8.62. The summed E-state index contributed by atoms with van der Waals surface area (Å²) < 4.78 is 5.84. The van der Waals surface area contributed by atoms with Gasteiger partial charge in [0.2, 0.25) is 0 Å². The second-order valence-corrected chi connectivity index (χ2v) is 5.33. The lowest BCUT2D eigenvalue weighted by molar-refractivity contribution is 0.232. The van der Waals surface area contributed by atoms with Gasteiger partial charge in [-0.2, -0.15) is 4.98 Å². The van der Waals surface area contributed by atoms with E-state index in [9.17, 15) is 0 Å². The zero-order chi connectivity index (χ0) is 14.1. The number of nitrogen functional groups attached to an aromatic ring is 1. The van der Waals surface area contributed by atoms with Gasteiger partial charge in [-0.15, -0.1) is 0 Å². The molecule has 0 saturated carbocycles. The number of rotatable bonds is 4. The molecule has 1 aliphatic rings. The highest BCUT2D eigenvalue weighted by molar-refractivity contribution is 5.78. The number of nitrogens with zero attached hydrogens (tertiary/aromatic N) is 3. The number of aromatic nitrogens is 1. The van der Waals surface area contributed by atoms with Crippen LogP contribution in [0.4, 0.5) is 11.7 Å². The van der Waals surface area contributed by atoms with Crippen molar-refractivity contribution in [1.29, 1.82) is 0 Å². The molecule has 1 saturated heterocycles. The van der Waals surface area contributed by atoms with Gasteiger partial charge in [-0.3, -0.25) is 4.90 Å². The Balaban J connectivity index is 1.79. The van der Waals surface area contributed by atoms with Crippen LogP contribution in [0.1, 0.15) is 20.3 Å². The van der Waals surface area contributed by atoms with Crippen molar-refractivity contribution in [3.63, 3.8) is 0 Å². The lowest BCUT2D eigenvalue weighted by atomic mass is 10.2. The minimum atomic E-state index is 0.602. The Morgan fingerprint density at radius 2 is 2.20 bits per heavy atom. The minimum Gasteiger partial charge on any atom is -0.423 e. The Labute approximate surface area is 119 Å². The van der Waals surface area contributed by atoms with Crippen LogP contribution in [-0.4, -0.2) is 42.1 Å². The molecule has 2 aromatic rings. The second kappa shape index (κ2) is 5.32. The summed E-state index contributed by atoms with van der Waals surface area (Å²) in [5.41, 5.74) is 8.13. The van der Waals surface area contributed by atoms with Crippen LogP contribution in [0.15, 0.2) is 22.6 Å². The first-order chi connectivity index (χ1) is 9.71. The van der Waals surface area contributed by atoms with Crippen LogP contribution in [0, 0.1) is 0 Å². The molecule has 1 aliphatic heterocycles. The minimum absolute atomic E-state index is 0.602. The summed E-state index contributed by atoms with van der Waals surface area (Å²) in [5, 5.41) is 0. The van der Waals surface area contributed by atoms with Gasteiger partial charge in [0, 0.05) is 30.9 Å². The molecule has 0 aliphatic carbocycles. The van der Waals surface area contributed by atoms with E-state index in [1.165, 1.54) is 6.42 Å². The first-order valence-corrected chi connectivity index (χ1v) is 7.36. The Hall–Kier alpha value is -1.75. The molecule has 1 aromatic carbocycles. The van der Waals surface area contributed by atoms with Crippen molar-refractivity contribution in [3.05, 3.63) is 18.2 Å². The van der Waals surface area contributed by atoms with Gasteiger partial charge in [-0.05, 0) is 31.6 Å². The number of likely N-dealkylation sites (N-methyl/N-ethyl adjacent to an activating group) is 1. The summed E-state index contributed by atoms with van der Waals surface area (Å²) in [7, 11) is 0. The van der Waals surface area contributed by atoms with Crippen molar-refractivity contribution < 1.29 is 4.42 Å². The number of anilines is 2. The molecule has 108 valence electrons. The Morgan fingerprint density at radius 1 is 1.40 bits per heavy atom. The first-order valence-electron chi connectivity index (χ1n) is 7.36. The number of fused-ring (bicyclic) bond motifs is 1. The van der Waals surface area contributed by atoms with Crippen LogP contribution in [0.25, 0.3) is 11.1 Å². The van der Waals surface area contributed by atoms with E-state index >= 15 is 0 Å². The molecule has 0 amide bonds. The van der Waals surface area contributed by atoms with Gasteiger partial charge in [-0.25, -0.2) is 0 Å². The SMILES string of the molecule is CCN(CC)C1CCN(c2nc3ccc(N)cc3o2)C1. The number of hydrogen-bond acceptors (Lipinski definition) is 5. The van der Waals surface area contributed by atoms with Crippen molar-refractivity contribution in [2.45, 2.75) is 26.3 Å². The molecule has 0 bridgehead atoms. The van der Waals surface area contributed by atoms with E-state index < -0.39 is 0 Å². The summed E-state index contributed by atoms with van der Waals surface area (Å²) in [5.74, 6) is 0. The van der Waals surface area contributed by atoms with Gasteiger partial charge < -0.3 is 15.1 Å². The second-order valence-electron chi connectivity index (χ2n) is 5.33. The molecule has 2 N–H and O–H groups in total. The Kier molecular flexibility index (Phi) is 3.53. The van der Waals surface area contributed by atoms with E-state index in [1.807, 2.05) is 18.2 Å². The van der Waals surface area contributed by atoms with Crippen molar-refractivity contribution in [1.82, 2.24) is 9.88 Å². The molecule has 1 unspecified atom stereocenters. The Bertz CT molecular complexity index is 591. The van der Waals surface area contributed by atoms with Crippen LogP contribution in [0.5, 0.6) is 0 Å². The first kappa shape index (κ1) is 13.2. The molecule has 5 heteroatoms. The summed E-state index contributed by atoms with van der Waals surface area (Å²) in [4.78, 5) is 9.30. The maximum absolute atomic E-state index is 5.84. The van der Waals surface area contributed by atoms with Gasteiger partial charge >= 0.3 is 0 Å². The summed E-state index contributed by atoms with van der Waals surface area (Å²) in [6.07, 6.45) is 1.17. The smallest absolute Gasteiger partial charge is 0.298 e. The molecule has 1 fully saturated rings. The number of benzene rings is 1. The third-order valence-corrected chi connectivity index (χ3v) is 4.16. The van der Waals surface area contributed by atoms with E-state index in [2.05, 4.69) is 28.6 Å². The number of oxazole rings is 1. The summed E-state index contributed by atoms with van der Waals surface area (Å²) in [6, 6.07) is 6.93. The molecule has 0 radical (unpaired) electrons. The van der Waals surface area contributed by atoms with E-state index in [4.69, 9.17) is 10.2 Å². The average Bonchev–Trinajstić information content (AvgIpc) is 3.06. The van der Waals surface area contributed by atoms with E-state index in [1.54, 1.807) is 0 Å². The molecule has 2 heterocycles. The molecule has 0 spiro atoms. The standard InChI is InChI=1S/C15H22N4O/c1-3-18(4-2)12-7-8-19(10-12)15-17-13-6-5-11(16)9-14(13)20-15/h5-6,9,12H,3-4,7-8,10,16H2,1-2H3. The van der Waals surface area contributed by atoms with Gasteiger partial charge in [0.1, 0.15) is 5.52 Å². The van der Waals surface area contributed by atoms with E-state index in [0.717, 1.165) is 43.3 Å². The highest BCUT2D eigenvalue weighted by Gasteiger charge is 2.28.